The number of ether oxygens (including phenoxy) is 2. The number of hydrogen-bond donors (Lipinski definition) is 0. The average molecular weight is 407 g/mol. The molecule has 0 aliphatic carbocycles. The molecular formula is C25H30N2O3. The van der Waals surface area contributed by atoms with E-state index in [2.05, 4.69) is 44.8 Å². The van der Waals surface area contributed by atoms with E-state index in [1.54, 1.807) is 12.4 Å². The van der Waals surface area contributed by atoms with Gasteiger partial charge in [-0.3, -0.25) is 0 Å². The van der Waals surface area contributed by atoms with Gasteiger partial charge in [0.2, 0.25) is 0 Å². The van der Waals surface area contributed by atoms with Crippen LogP contribution in [0.5, 0.6) is 5.75 Å². The molecule has 0 aliphatic rings. The van der Waals surface area contributed by atoms with Crippen molar-refractivity contribution in [3.63, 3.8) is 0 Å². The molecule has 0 unspecified atom stereocenters. The number of unbranched alkanes of at least 4 members (excludes halogenated alkanes) is 1. The maximum atomic E-state index is 12.7. The van der Waals surface area contributed by atoms with Crippen LogP contribution in [0.15, 0.2) is 54.9 Å². The standard InChI is InChI=1S/C25H30N2O3/c1-5-6-16-29-22-12-10-21(11-13-22)17-30-25(28)27-15-14-26-24(27)20(4)23-9-7-8-18(2)19(23)3/h7-15,20H,5-6,16-17H2,1-4H3/t20-/m0/s1. The minimum atomic E-state index is -0.428. The van der Waals surface area contributed by atoms with Crippen LogP contribution in [0, 0.1) is 13.8 Å². The summed E-state index contributed by atoms with van der Waals surface area (Å²) in [7, 11) is 0. The lowest BCUT2D eigenvalue weighted by Crippen LogP contribution is -2.18. The Balaban J connectivity index is 1.64. The Hall–Kier alpha value is -3.08. The molecule has 0 radical (unpaired) electrons. The summed E-state index contributed by atoms with van der Waals surface area (Å²) in [4.78, 5) is 17.1. The smallest absolute Gasteiger partial charge is 0.419 e. The van der Waals surface area contributed by atoms with Crippen LogP contribution >= 0.6 is 0 Å². The van der Waals surface area contributed by atoms with E-state index in [-0.39, 0.29) is 12.5 Å². The third kappa shape index (κ3) is 5.09. The van der Waals surface area contributed by atoms with Crippen LogP contribution in [0.1, 0.15) is 60.7 Å². The van der Waals surface area contributed by atoms with E-state index < -0.39 is 6.09 Å². The van der Waals surface area contributed by atoms with Crippen molar-refractivity contribution >= 4 is 6.09 Å². The Morgan fingerprint density at radius 1 is 1.13 bits per heavy atom. The highest BCUT2D eigenvalue weighted by molar-refractivity contribution is 5.71. The number of carbonyl (C=O) groups excluding carboxylic acids is 1. The van der Waals surface area contributed by atoms with E-state index in [1.807, 2.05) is 30.3 Å². The van der Waals surface area contributed by atoms with Gasteiger partial charge in [-0.15, -0.1) is 0 Å². The van der Waals surface area contributed by atoms with Crippen molar-refractivity contribution in [1.29, 1.82) is 0 Å². The van der Waals surface area contributed by atoms with Crippen molar-refractivity contribution in [2.24, 2.45) is 0 Å². The molecule has 0 N–H and O–H groups in total. The fraction of sp³-hybridized carbons (Fsp3) is 0.360. The van der Waals surface area contributed by atoms with Crippen LogP contribution in [0.25, 0.3) is 0 Å². The minimum Gasteiger partial charge on any atom is -0.494 e. The normalized spacial score (nSPS) is 11.9. The topological polar surface area (TPSA) is 53.4 Å². The van der Waals surface area contributed by atoms with Gasteiger partial charge in [0.15, 0.2) is 0 Å². The highest BCUT2D eigenvalue weighted by Crippen LogP contribution is 2.27. The van der Waals surface area contributed by atoms with Crippen LogP contribution in [-0.4, -0.2) is 22.3 Å². The lowest BCUT2D eigenvalue weighted by atomic mass is 9.93. The molecule has 3 rings (SSSR count). The second kappa shape index (κ2) is 10.1. The fourth-order valence-electron chi connectivity index (χ4n) is 3.40. The van der Waals surface area contributed by atoms with Gasteiger partial charge in [-0.05, 0) is 54.7 Å². The second-order valence-corrected chi connectivity index (χ2v) is 7.57. The van der Waals surface area contributed by atoms with Crippen LogP contribution in [0.2, 0.25) is 0 Å². The fourth-order valence-corrected chi connectivity index (χ4v) is 3.40. The highest BCUT2D eigenvalue weighted by atomic mass is 16.5. The molecule has 0 bridgehead atoms. The molecule has 1 aromatic heterocycles. The van der Waals surface area contributed by atoms with Gasteiger partial charge in [0.05, 0.1) is 6.61 Å². The van der Waals surface area contributed by atoms with Crippen LogP contribution in [0.3, 0.4) is 0 Å². The molecule has 1 atom stereocenters. The molecule has 3 aromatic rings. The average Bonchev–Trinajstić information content (AvgIpc) is 3.25. The molecule has 0 saturated carbocycles. The molecule has 0 spiro atoms. The molecule has 2 aromatic carbocycles. The Bertz CT molecular complexity index is 976. The largest absolute Gasteiger partial charge is 0.494 e. The molecular weight excluding hydrogens is 376 g/mol. The number of hydrogen-bond acceptors (Lipinski definition) is 4. The first-order valence-corrected chi connectivity index (χ1v) is 10.5. The number of aromatic nitrogens is 2. The molecule has 0 aliphatic heterocycles. The SMILES string of the molecule is CCCCOc1ccc(COC(=O)n2ccnc2[C@@H](C)c2cccc(C)c2C)cc1. The van der Waals surface area contributed by atoms with E-state index in [0.29, 0.717) is 12.4 Å². The zero-order valence-corrected chi connectivity index (χ0v) is 18.2. The molecule has 0 saturated heterocycles. The van der Waals surface area contributed by atoms with Gasteiger partial charge >= 0.3 is 6.09 Å². The first kappa shape index (κ1) is 21.6. The third-order valence-electron chi connectivity index (χ3n) is 5.42. The molecule has 0 amide bonds. The van der Waals surface area contributed by atoms with Crippen molar-refractivity contribution in [1.82, 2.24) is 9.55 Å². The van der Waals surface area contributed by atoms with Crippen molar-refractivity contribution in [2.45, 2.75) is 53.1 Å². The van der Waals surface area contributed by atoms with Gasteiger partial charge in [-0.2, -0.15) is 0 Å². The quantitative estimate of drug-likeness (QED) is 0.430. The van der Waals surface area contributed by atoms with E-state index in [0.717, 1.165) is 29.7 Å². The van der Waals surface area contributed by atoms with E-state index in [4.69, 9.17) is 9.47 Å². The summed E-state index contributed by atoms with van der Waals surface area (Å²) >= 11 is 0. The van der Waals surface area contributed by atoms with Gasteiger partial charge in [0.1, 0.15) is 18.2 Å². The number of imidazole rings is 1. The molecule has 30 heavy (non-hydrogen) atoms. The predicted molar refractivity (Wildman–Crippen MR) is 118 cm³/mol. The van der Waals surface area contributed by atoms with Crippen LogP contribution < -0.4 is 4.74 Å². The molecule has 5 heteroatoms. The van der Waals surface area contributed by atoms with Crippen LogP contribution in [0.4, 0.5) is 4.79 Å². The van der Waals surface area contributed by atoms with Crippen LogP contribution in [-0.2, 0) is 11.3 Å². The van der Waals surface area contributed by atoms with Crippen molar-refractivity contribution in [3.8, 4) is 5.75 Å². The minimum absolute atomic E-state index is 0.0213. The maximum absolute atomic E-state index is 12.7. The number of nitrogens with zero attached hydrogens (tertiary/aromatic N) is 2. The Kier molecular flexibility index (Phi) is 7.28. The number of benzene rings is 2. The van der Waals surface area contributed by atoms with Crippen molar-refractivity contribution in [3.05, 3.63) is 82.9 Å². The predicted octanol–water partition coefficient (Wildman–Crippen LogP) is 6.02. The zero-order chi connectivity index (χ0) is 21.5. The second-order valence-electron chi connectivity index (χ2n) is 7.57. The summed E-state index contributed by atoms with van der Waals surface area (Å²) in [5.41, 5.74) is 4.51. The Morgan fingerprint density at radius 3 is 2.63 bits per heavy atom. The monoisotopic (exact) mass is 406 g/mol. The van der Waals surface area contributed by atoms with Gasteiger partial charge in [0.25, 0.3) is 0 Å². The number of carbonyl (C=O) groups is 1. The van der Waals surface area contributed by atoms with Gasteiger partial charge in [0, 0.05) is 18.3 Å². The lowest BCUT2D eigenvalue weighted by molar-refractivity contribution is 0.140. The van der Waals surface area contributed by atoms with Gasteiger partial charge in [-0.25, -0.2) is 14.3 Å². The summed E-state index contributed by atoms with van der Waals surface area (Å²) in [5.74, 6) is 1.48. The summed E-state index contributed by atoms with van der Waals surface area (Å²) in [6.45, 7) is 9.30. The Morgan fingerprint density at radius 2 is 1.90 bits per heavy atom. The summed E-state index contributed by atoms with van der Waals surface area (Å²) in [6, 6.07) is 13.9. The van der Waals surface area contributed by atoms with E-state index in [1.165, 1.54) is 15.7 Å². The first-order chi connectivity index (χ1) is 14.5. The van der Waals surface area contributed by atoms with Gasteiger partial charge < -0.3 is 9.47 Å². The highest BCUT2D eigenvalue weighted by Gasteiger charge is 2.20. The third-order valence-corrected chi connectivity index (χ3v) is 5.42. The first-order valence-electron chi connectivity index (χ1n) is 10.5. The van der Waals surface area contributed by atoms with E-state index in [9.17, 15) is 4.79 Å². The van der Waals surface area contributed by atoms with Crippen molar-refractivity contribution in [2.75, 3.05) is 6.61 Å². The number of rotatable bonds is 8. The molecule has 0 fully saturated rings. The molecule has 1 heterocycles. The molecule has 158 valence electrons. The number of aryl methyl sites for hydroxylation is 1. The molecule has 5 nitrogen and oxygen atoms in total. The van der Waals surface area contributed by atoms with Crippen molar-refractivity contribution < 1.29 is 14.3 Å². The Labute approximate surface area is 178 Å². The summed E-state index contributed by atoms with van der Waals surface area (Å²) in [5, 5.41) is 0. The van der Waals surface area contributed by atoms with Gasteiger partial charge in [-0.1, -0.05) is 50.6 Å². The lowest BCUT2D eigenvalue weighted by Gasteiger charge is -2.17. The zero-order valence-electron chi connectivity index (χ0n) is 18.2. The maximum Gasteiger partial charge on any atom is 0.419 e. The summed E-state index contributed by atoms with van der Waals surface area (Å²) < 4.78 is 12.7. The van der Waals surface area contributed by atoms with E-state index >= 15 is 0 Å². The summed E-state index contributed by atoms with van der Waals surface area (Å²) in [6.07, 6.45) is 5.01.